The minimum absolute atomic E-state index is 0.161. The molecule has 0 rings (SSSR count). The number of rotatable bonds is 6. The molecule has 0 aliphatic carbocycles. The van der Waals surface area contributed by atoms with Gasteiger partial charge in [-0.15, -0.1) is 0 Å². The predicted molar refractivity (Wildman–Crippen MR) is 45.6 cm³/mol. The lowest BCUT2D eigenvalue weighted by molar-refractivity contribution is -0.198. The number of hydrogen-bond acceptors (Lipinski definition) is 4. The summed E-state index contributed by atoms with van der Waals surface area (Å²) in [5, 5.41) is 2.77. The molecule has 12 heavy (non-hydrogen) atoms. The molecule has 0 saturated heterocycles. The Balaban J connectivity index is 4.34. The maximum absolute atomic E-state index is 10.1. The molecule has 0 aromatic carbocycles. The van der Waals surface area contributed by atoms with Crippen LogP contribution in [0.3, 0.4) is 0 Å². The van der Waals surface area contributed by atoms with E-state index in [1.807, 2.05) is 0 Å². The van der Waals surface area contributed by atoms with Gasteiger partial charge in [0, 0.05) is 14.2 Å². The Morgan fingerprint density at radius 1 is 1.58 bits per heavy atom. The monoisotopic (exact) mass is 173 g/mol. The maximum atomic E-state index is 10.1. The highest BCUT2D eigenvalue weighted by atomic mass is 16.7. The lowest BCUT2D eigenvalue weighted by Gasteiger charge is -2.31. The van der Waals surface area contributed by atoms with E-state index in [2.05, 4.69) is 11.9 Å². The van der Waals surface area contributed by atoms with Crippen molar-refractivity contribution in [2.45, 2.75) is 12.8 Å². The van der Waals surface area contributed by atoms with E-state index in [1.54, 1.807) is 6.92 Å². The van der Waals surface area contributed by atoms with Crippen molar-refractivity contribution in [1.29, 1.82) is 0 Å². The van der Waals surface area contributed by atoms with Crippen LogP contribution in [-0.2, 0) is 14.3 Å². The van der Waals surface area contributed by atoms with Crippen molar-refractivity contribution in [2.24, 2.45) is 0 Å². The number of nitrogens with one attached hydrogen (secondary N) is 1. The zero-order chi connectivity index (χ0) is 9.61. The van der Waals surface area contributed by atoms with E-state index >= 15 is 0 Å². The third-order valence-electron chi connectivity index (χ3n) is 1.55. The fourth-order valence-electron chi connectivity index (χ4n) is 0.903. The van der Waals surface area contributed by atoms with Gasteiger partial charge < -0.3 is 14.3 Å². The maximum Gasteiger partial charge on any atom is 0.250 e. The molecule has 0 aromatic heterocycles. The Hall–Kier alpha value is -0.710. The normalized spacial score (nSPS) is 11.2. The van der Waals surface area contributed by atoms with Gasteiger partial charge in [0.15, 0.2) is 0 Å². The molecule has 0 aromatic rings. The highest BCUT2D eigenvalue weighted by Crippen LogP contribution is 2.15. The second-order valence-electron chi connectivity index (χ2n) is 2.35. The van der Waals surface area contributed by atoms with E-state index in [0.29, 0.717) is 5.57 Å². The molecule has 0 atom stereocenters. The quantitative estimate of drug-likeness (QED) is 0.356. The number of carbonyl (C=O) groups excluding carboxylic acids is 1. The Labute approximate surface area is 72.5 Å². The van der Waals surface area contributed by atoms with Crippen LogP contribution in [-0.4, -0.2) is 33.0 Å². The first-order valence-corrected chi connectivity index (χ1v) is 3.58. The highest BCUT2D eigenvalue weighted by molar-refractivity contribution is 5.52. The molecule has 0 aliphatic heterocycles. The van der Waals surface area contributed by atoms with Gasteiger partial charge in [0.25, 0.3) is 5.91 Å². The zero-order valence-corrected chi connectivity index (χ0v) is 7.72. The van der Waals surface area contributed by atoms with E-state index < -0.39 is 5.91 Å². The van der Waals surface area contributed by atoms with Gasteiger partial charge in [-0.2, -0.15) is 0 Å². The van der Waals surface area contributed by atoms with Crippen molar-refractivity contribution in [3.05, 3.63) is 12.2 Å². The molecule has 4 heteroatoms. The Morgan fingerprint density at radius 3 is 2.33 bits per heavy atom. The molecule has 0 amide bonds. The standard InChI is InChI=1S/C8H15NO3/c1-7(2)8(11-3,12-4)9-5-6-10/h6,9H,1,5H2,2-4H3. The predicted octanol–water partition coefficient (Wildman–Crippen LogP) is 0.298. The molecular formula is C8H15NO3. The summed E-state index contributed by atoms with van der Waals surface area (Å²) in [6, 6.07) is 0. The van der Waals surface area contributed by atoms with Crippen LogP contribution in [0.4, 0.5) is 0 Å². The molecule has 0 spiro atoms. The summed E-state index contributed by atoms with van der Waals surface area (Å²) in [5.74, 6) is -1.04. The van der Waals surface area contributed by atoms with Crippen molar-refractivity contribution in [2.75, 3.05) is 20.8 Å². The molecule has 0 unspecified atom stereocenters. The highest BCUT2D eigenvalue weighted by Gasteiger charge is 2.29. The van der Waals surface area contributed by atoms with Gasteiger partial charge in [-0.25, -0.2) is 0 Å². The van der Waals surface area contributed by atoms with Crippen LogP contribution >= 0.6 is 0 Å². The molecule has 0 saturated carbocycles. The Morgan fingerprint density at radius 2 is 2.08 bits per heavy atom. The second kappa shape index (κ2) is 5.03. The number of methoxy groups -OCH3 is 2. The third-order valence-corrected chi connectivity index (χ3v) is 1.55. The van der Waals surface area contributed by atoms with Gasteiger partial charge in [-0.3, -0.25) is 5.32 Å². The Kier molecular flexibility index (Phi) is 4.73. The van der Waals surface area contributed by atoms with E-state index in [9.17, 15) is 4.79 Å². The van der Waals surface area contributed by atoms with Crippen LogP contribution in [0.25, 0.3) is 0 Å². The topological polar surface area (TPSA) is 47.6 Å². The minimum Gasteiger partial charge on any atom is -0.337 e. The van der Waals surface area contributed by atoms with Gasteiger partial charge in [0.1, 0.15) is 6.29 Å². The van der Waals surface area contributed by atoms with E-state index in [4.69, 9.17) is 9.47 Å². The number of ether oxygens (including phenoxy) is 2. The van der Waals surface area contributed by atoms with Crippen molar-refractivity contribution in [3.8, 4) is 0 Å². The van der Waals surface area contributed by atoms with Gasteiger partial charge in [-0.05, 0) is 12.5 Å². The van der Waals surface area contributed by atoms with Crippen LogP contribution in [0.5, 0.6) is 0 Å². The van der Waals surface area contributed by atoms with Crippen LogP contribution in [0, 0.1) is 0 Å². The summed E-state index contributed by atoms with van der Waals surface area (Å²) in [6.07, 6.45) is 0.732. The van der Waals surface area contributed by atoms with E-state index in [0.717, 1.165) is 6.29 Å². The molecule has 0 aliphatic rings. The second-order valence-corrected chi connectivity index (χ2v) is 2.35. The van der Waals surface area contributed by atoms with Crippen molar-refractivity contribution in [1.82, 2.24) is 5.32 Å². The summed E-state index contributed by atoms with van der Waals surface area (Å²) in [6.45, 7) is 5.61. The summed E-state index contributed by atoms with van der Waals surface area (Å²) in [7, 11) is 2.96. The summed E-state index contributed by atoms with van der Waals surface area (Å²) < 4.78 is 10.1. The molecule has 4 nitrogen and oxygen atoms in total. The fourth-order valence-corrected chi connectivity index (χ4v) is 0.903. The summed E-state index contributed by atoms with van der Waals surface area (Å²) in [5.41, 5.74) is 0.661. The van der Waals surface area contributed by atoms with Gasteiger partial charge in [0.2, 0.25) is 0 Å². The average molecular weight is 173 g/mol. The third kappa shape index (κ3) is 2.41. The van der Waals surface area contributed by atoms with Crippen LogP contribution in [0.15, 0.2) is 12.2 Å². The van der Waals surface area contributed by atoms with Crippen LogP contribution in [0.1, 0.15) is 6.92 Å². The lowest BCUT2D eigenvalue weighted by atomic mass is 10.2. The molecule has 0 fully saturated rings. The van der Waals surface area contributed by atoms with Gasteiger partial charge in [-0.1, -0.05) is 6.58 Å². The molecule has 70 valence electrons. The van der Waals surface area contributed by atoms with Crippen molar-refractivity contribution < 1.29 is 14.3 Å². The number of aldehydes is 1. The summed E-state index contributed by atoms with van der Waals surface area (Å²) >= 11 is 0. The molecule has 0 radical (unpaired) electrons. The van der Waals surface area contributed by atoms with Crippen molar-refractivity contribution >= 4 is 6.29 Å². The number of hydrogen-bond donors (Lipinski definition) is 1. The SMILES string of the molecule is C=C(C)C(NCC=O)(OC)OC. The van der Waals surface area contributed by atoms with E-state index in [1.165, 1.54) is 14.2 Å². The lowest BCUT2D eigenvalue weighted by Crippen LogP contribution is -2.50. The largest absolute Gasteiger partial charge is 0.337 e. The molecule has 1 N–H and O–H groups in total. The molecule has 0 bridgehead atoms. The minimum atomic E-state index is -1.04. The smallest absolute Gasteiger partial charge is 0.250 e. The van der Waals surface area contributed by atoms with Crippen LogP contribution in [0.2, 0.25) is 0 Å². The number of carbonyl (C=O) groups is 1. The first-order chi connectivity index (χ1) is 5.63. The first-order valence-electron chi connectivity index (χ1n) is 3.58. The summed E-state index contributed by atoms with van der Waals surface area (Å²) in [4.78, 5) is 10.1. The Bertz CT molecular complexity index is 164. The molecule has 0 heterocycles. The average Bonchev–Trinajstić information content (AvgIpc) is 2.07. The molecular weight excluding hydrogens is 158 g/mol. The first kappa shape index (κ1) is 11.3. The van der Waals surface area contributed by atoms with Gasteiger partial charge >= 0.3 is 0 Å². The van der Waals surface area contributed by atoms with E-state index in [-0.39, 0.29) is 6.54 Å². The van der Waals surface area contributed by atoms with Crippen molar-refractivity contribution in [3.63, 3.8) is 0 Å². The van der Waals surface area contributed by atoms with Crippen LogP contribution < -0.4 is 5.32 Å². The van der Waals surface area contributed by atoms with Gasteiger partial charge in [0.05, 0.1) is 6.54 Å². The fraction of sp³-hybridized carbons (Fsp3) is 0.625. The zero-order valence-electron chi connectivity index (χ0n) is 7.72.